The van der Waals surface area contributed by atoms with Gasteiger partial charge in [-0.2, -0.15) is 0 Å². The van der Waals surface area contributed by atoms with Gasteiger partial charge in [-0.1, -0.05) is 45.0 Å². The first kappa shape index (κ1) is 17.0. The summed E-state index contributed by atoms with van der Waals surface area (Å²) >= 11 is 0. The van der Waals surface area contributed by atoms with Gasteiger partial charge in [-0.05, 0) is 29.9 Å². The van der Waals surface area contributed by atoms with Crippen molar-refractivity contribution in [2.24, 2.45) is 11.8 Å². The molecule has 0 radical (unpaired) electrons. The Bertz CT molecular complexity index is 620. The number of sulfone groups is 1. The van der Waals surface area contributed by atoms with Crippen LogP contribution in [0.5, 0.6) is 0 Å². The summed E-state index contributed by atoms with van der Waals surface area (Å²) in [5.41, 5.74) is 2.33. The van der Waals surface area contributed by atoms with Crippen LogP contribution in [-0.2, 0) is 21.1 Å². The molecule has 1 amide bonds. The number of aryl methyl sites for hydroxylation is 1. The van der Waals surface area contributed by atoms with E-state index in [-0.39, 0.29) is 29.4 Å². The van der Waals surface area contributed by atoms with E-state index in [1.807, 2.05) is 0 Å². The van der Waals surface area contributed by atoms with Gasteiger partial charge in [0.2, 0.25) is 5.91 Å². The molecule has 0 spiro atoms. The lowest BCUT2D eigenvalue weighted by molar-refractivity contribution is -0.125. The highest BCUT2D eigenvalue weighted by atomic mass is 32.2. The molecule has 1 N–H and O–H groups in total. The Morgan fingerprint density at radius 3 is 2.36 bits per heavy atom. The van der Waals surface area contributed by atoms with Crippen LogP contribution in [0, 0.1) is 11.8 Å². The summed E-state index contributed by atoms with van der Waals surface area (Å²) in [6.07, 6.45) is 1.42. The van der Waals surface area contributed by atoms with E-state index in [1.165, 1.54) is 5.56 Å². The van der Waals surface area contributed by atoms with E-state index in [4.69, 9.17) is 0 Å². The lowest BCUT2D eigenvalue weighted by Crippen LogP contribution is -2.36. The topological polar surface area (TPSA) is 63.2 Å². The lowest BCUT2D eigenvalue weighted by atomic mass is 9.94. The van der Waals surface area contributed by atoms with Crippen molar-refractivity contribution in [2.45, 2.75) is 39.7 Å². The van der Waals surface area contributed by atoms with Gasteiger partial charge in [0.25, 0.3) is 0 Å². The predicted molar refractivity (Wildman–Crippen MR) is 88.3 cm³/mol. The van der Waals surface area contributed by atoms with Gasteiger partial charge < -0.3 is 5.32 Å². The number of hydrogen-bond donors (Lipinski definition) is 1. The molecule has 4 nitrogen and oxygen atoms in total. The highest BCUT2D eigenvalue weighted by Crippen LogP contribution is 2.25. The Labute approximate surface area is 133 Å². The first-order valence-corrected chi connectivity index (χ1v) is 9.74. The molecule has 22 heavy (non-hydrogen) atoms. The number of rotatable bonds is 5. The molecular weight excluding hydrogens is 298 g/mol. The molecule has 0 unspecified atom stereocenters. The Hall–Kier alpha value is -1.36. The molecule has 1 aromatic rings. The van der Waals surface area contributed by atoms with E-state index < -0.39 is 15.8 Å². The lowest BCUT2D eigenvalue weighted by Gasteiger charge is -2.24. The van der Waals surface area contributed by atoms with E-state index in [0.717, 1.165) is 12.0 Å². The Morgan fingerprint density at radius 2 is 1.91 bits per heavy atom. The summed E-state index contributed by atoms with van der Waals surface area (Å²) in [4.78, 5) is 12.4. The van der Waals surface area contributed by atoms with Crippen molar-refractivity contribution in [2.75, 3.05) is 11.5 Å². The Balaban J connectivity index is 2.10. The van der Waals surface area contributed by atoms with E-state index in [1.54, 1.807) is 0 Å². The Kier molecular flexibility index (Phi) is 5.27. The number of hydrogen-bond acceptors (Lipinski definition) is 3. The number of carbonyl (C=O) groups excluding carboxylic acids is 1. The second-order valence-corrected chi connectivity index (χ2v) is 8.65. The van der Waals surface area contributed by atoms with Crippen LogP contribution >= 0.6 is 0 Å². The third-order valence-electron chi connectivity index (χ3n) is 4.31. The highest BCUT2D eigenvalue weighted by molar-refractivity contribution is 7.91. The molecule has 2 rings (SSSR count). The number of benzene rings is 1. The number of amides is 1. The van der Waals surface area contributed by atoms with Crippen LogP contribution in [-0.4, -0.2) is 25.8 Å². The molecule has 1 aromatic carbocycles. The number of carbonyl (C=O) groups is 1. The van der Waals surface area contributed by atoms with Gasteiger partial charge in [-0.15, -0.1) is 0 Å². The zero-order chi connectivity index (χ0) is 16.3. The maximum absolute atomic E-state index is 12.4. The molecule has 0 bridgehead atoms. The quantitative estimate of drug-likeness (QED) is 0.905. The third kappa shape index (κ3) is 4.09. The zero-order valence-corrected chi connectivity index (χ0v) is 14.3. The second-order valence-electron chi connectivity index (χ2n) is 6.43. The first-order valence-electron chi connectivity index (χ1n) is 7.92. The summed E-state index contributed by atoms with van der Waals surface area (Å²) in [5.74, 6) is -0.184. The minimum Gasteiger partial charge on any atom is -0.349 e. The highest BCUT2D eigenvalue weighted by Gasteiger charge is 2.34. The molecule has 0 aliphatic carbocycles. The summed E-state index contributed by atoms with van der Waals surface area (Å²) in [6, 6.07) is 8.18. The fourth-order valence-electron chi connectivity index (χ4n) is 2.87. The molecule has 1 aliphatic heterocycles. The average molecular weight is 323 g/mol. The van der Waals surface area contributed by atoms with Gasteiger partial charge >= 0.3 is 0 Å². The van der Waals surface area contributed by atoms with E-state index in [2.05, 4.69) is 50.4 Å². The molecular formula is C17H25NO3S. The molecule has 122 valence electrons. The van der Waals surface area contributed by atoms with Gasteiger partial charge in [-0.3, -0.25) is 4.79 Å². The van der Waals surface area contributed by atoms with Crippen molar-refractivity contribution in [3.63, 3.8) is 0 Å². The van der Waals surface area contributed by atoms with E-state index >= 15 is 0 Å². The zero-order valence-electron chi connectivity index (χ0n) is 13.5. The Morgan fingerprint density at radius 1 is 1.27 bits per heavy atom. The molecule has 1 fully saturated rings. The van der Waals surface area contributed by atoms with Crippen molar-refractivity contribution in [3.8, 4) is 0 Å². The van der Waals surface area contributed by atoms with Crippen molar-refractivity contribution in [1.29, 1.82) is 0 Å². The smallest absolute Gasteiger partial charge is 0.224 e. The van der Waals surface area contributed by atoms with Crippen LogP contribution < -0.4 is 5.32 Å². The van der Waals surface area contributed by atoms with E-state index in [0.29, 0.717) is 6.42 Å². The van der Waals surface area contributed by atoms with Crippen molar-refractivity contribution in [3.05, 3.63) is 35.4 Å². The SMILES string of the molecule is CCc1ccc([C@H](NC(=O)[C@@H]2CCS(=O)(=O)C2)C(C)C)cc1. The van der Waals surface area contributed by atoms with Gasteiger partial charge in [-0.25, -0.2) is 8.42 Å². The van der Waals surface area contributed by atoms with Crippen LogP contribution in [0.15, 0.2) is 24.3 Å². The first-order chi connectivity index (χ1) is 10.3. The standard InChI is InChI=1S/C17H25NO3S/c1-4-13-5-7-14(8-6-13)16(12(2)3)18-17(19)15-9-10-22(20,21)11-15/h5-8,12,15-16H,4,9-11H2,1-3H3,(H,18,19)/t15-,16-/m1/s1. The summed E-state index contributed by atoms with van der Waals surface area (Å²) in [5, 5.41) is 3.05. The van der Waals surface area contributed by atoms with Gasteiger partial charge in [0.15, 0.2) is 9.84 Å². The van der Waals surface area contributed by atoms with Crippen LogP contribution in [0.4, 0.5) is 0 Å². The van der Waals surface area contributed by atoms with Gasteiger partial charge in [0, 0.05) is 0 Å². The average Bonchev–Trinajstić information content (AvgIpc) is 2.84. The van der Waals surface area contributed by atoms with Crippen molar-refractivity contribution in [1.82, 2.24) is 5.32 Å². The van der Waals surface area contributed by atoms with E-state index in [9.17, 15) is 13.2 Å². The van der Waals surface area contributed by atoms with Crippen molar-refractivity contribution < 1.29 is 13.2 Å². The molecule has 1 aliphatic rings. The molecule has 0 saturated carbocycles. The van der Waals surface area contributed by atoms with Crippen molar-refractivity contribution >= 4 is 15.7 Å². The monoisotopic (exact) mass is 323 g/mol. The van der Waals surface area contributed by atoms with Crippen LogP contribution in [0.3, 0.4) is 0 Å². The van der Waals surface area contributed by atoms with Crippen LogP contribution in [0.25, 0.3) is 0 Å². The van der Waals surface area contributed by atoms with Gasteiger partial charge in [0.1, 0.15) is 0 Å². The van der Waals surface area contributed by atoms with Crippen LogP contribution in [0.1, 0.15) is 44.4 Å². The molecule has 0 aromatic heterocycles. The van der Waals surface area contributed by atoms with Gasteiger partial charge in [0.05, 0.1) is 23.5 Å². The molecule has 1 saturated heterocycles. The largest absolute Gasteiger partial charge is 0.349 e. The summed E-state index contributed by atoms with van der Waals surface area (Å²) in [6.45, 7) is 6.23. The summed E-state index contributed by atoms with van der Waals surface area (Å²) in [7, 11) is -3.03. The molecule has 1 heterocycles. The fourth-order valence-corrected chi connectivity index (χ4v) is 4.61. The number of nitrogens with one attached hydrogen (secondary N) is 1. The molecule has 5 heteroatoms. The fraction of sp³-hybridized carbons (Fsp3) is 0.588. The normalized spacial score (nSPS) is 21.7. The molecule has 2 atom stereocenters. The third-order valence-corrected chi connectivity index (χ3v) is 6.08. The van der Waals surface area contributed by atoms with Crippen LogP contribution in [0.2, 0.25) is 0 Å². The minimum absolute atomic E-state index is 0.0155. The maximum atomic E-state index is 12.4. The maximum Gasteiger partial charge on any atom is 0.224 e. The summed E-state index contributed by atoms with van der Waals surface area (Å²) < 4.78 is 23.1. The second kappa shape index (κ2) is 6.82. The minimum atomic E-state index is -3.03. The predicted octanol–water partition coefficient (Wildman–Crippen LogP) is 2.50.